The minimum atomic E-state index is 1.08. The highest BCUT2D eigenvalue weighted by Gasteiger charge is 2.20. The minimum absolute atomic E-state index is 1.08. The fraction of sp³-hybridized carbons (Fsp3) is 0. The molecule has 2 heteroatoms. The lowest BCUT2D eigenvalue weighted by Crippen LogP contribution is -2.25. The summed E-state index contributed by atoms with van der Waals surface area (Å²) in [5, 5.41) is 4.78. The Hall–Kier alpha value is -5.34. The van der Waals surface area contributed by atoms with Crippen molar-refractivity contribution in [2.45, 2.75) is 0 Å². The Kier molecular flexibility index (Phi) is 4.36. The van der Waals surface area contributed by atoms with Gasteiger partial charge in [0, 0.05) is 32.7 Å². The molecule has 0 unspecified atom stereocenters. The van der Waals surface area contributed by atoms with E-state index in [9.17, 15) is 0 Å². The third kappa shape index (κ3) is 2.99. The van der Waals surface area contributed by atoms with Crippen LogP contribution in [0.1, 0.15) is 11.1 Å². The van der Waals surface area contributed by atoms with Gasteiger partial charge in [-0.2, -0.15) is 0 Å². The Morgan fingerprint density at radius 2 is 0.675 bits per heavy atom. The van der Waals surface area contributed by atoms with Crippen molar-refractivity contribution in [3.05, 3.63) is 154 Å². The second-order valence-electron chi connectivity index (χ2n) is 10.6. The predicted molar refractivity (Wildman–Crippen MR) is 163 cm³/mol. The first-order valence-corrected chi connectivity index (χ1v) is 13.7. The second kappa shape index (κ2) is 8.08. The van der Waals surface area contributed by atoms with E-state index < -0.39 is 0 Å². The molecule has 2 nitrogen and oxygen atoms in total. The predicted octanol–water partition coefficient (Wildman–Crippen LogP) is 6.86. The van der Waals surface area contributed by atoms with Gasteiger partial charge in [0.25, 0.3) is 0 Å². The molecule has 0 saturated carbocycles. The van der Waals surface area contributed by atoms with Crippen LogP contribution < -0.4 is 21.2 Å². The lowest BCUT2D eigenvalue weighted by Gasteiger charge is -2.02. The largest absolute Gasteiger partial charge is 0.247 e. The van der Waals surface area contributed by atoms with Crippen molar-refractivity contribution in [3.63, 3.8) is 0 Å². The van der Waals surface area contributed by atoms with Gasteiger partial charge in [-0.05, 0) is 57.7 Å². The maximum atomic E-state index is 4.84. The quantitative estimate of drug-likeness (QED) is 0.215. The molecule has 184 valence electrons. The SMILES string of the molecule is C1=c2c(ccc3c2=Nc2ccccc2-3)-c2ccccc21.C1=c2c(ccc3c2=Nc2ccccc2-3)-c2ccccc21. The molecule has 0 bridgehead atoms. The van der Waals surface area contributed by atoms with E-state index in [0.717, 1.165) is 22.1 Å². The van der Waals surface area contributed by atoms with Crippen molar-refractivity contribution in [1.82, 2.24) is 0 Å². The van der Waals surface area contributed by atoms with Gasteiger partial charge in [-0.1, -0.05) is 109 Å². The fourth-order valence-electron chi connectivity index (χ4n) is 6.54. The van der Waals surface area contributed by atoms with Gasteiger partial charge in [-0.3, -0.25) is 0 Å². The van der Waals surface area contributed by atoms with E-state index in [0.29, 0.717) is 0 Å². The van der Waals surface area contributed by atoms with Crippen LogP contribution >= 0.6 is 0 Å². The van der Waals surface area contributed by atoms with E-state index in [-0.39, 0.29) is 0 Å². The Labute approximate surface area is 231 Å². The van der Waals surface area contributed by atoms with Crippen LogP contribution in [0.4, 0.5) is 11.4 Å². The van der Waals surface area contributed by atoms with E-state index >= 15 is 0 Å². The molecule has 0 amide bonds. The summed E-state index contributed by atoms with van der Waals surface area (Å²) in [6.07, 6.45) is 4.53. The summed E-state index contributed by atoms with van der Waals surface area (Å²) >= 11 is 0. The topological polar surface area (TPSA) is 24.7 Å². The standard InChI is InChI=1S/2C19H11N/c2*1-2-6-13-12(5-1)11-17-14(13)9-10-16-15-7-3-4-8-18(15)20-19(16)17/h2*1-11H. The zero-order valence-electron chi connectivity index (χ0n) is 21.6. The van der Waals surface area contributed by atoms with Gasteiger partial charge in [0.2, 0.25) is 0 Å². The lowest BCUT2D eigenvalue weighted by molar-refractivity contribution is 1.38. The van der Waals surface area contributed by atoms with Gasteiger partial charge >= 0.3 is 0 Å². The molecule has 0 aromatic heterocycles. The van der Waals surface area contributed by atoms with Crippen molar-refractivity contribution in [2.24, 2.45) is 9.98 Å². The van der Waals surface area contributed by atoms with Crippen LogP contribution in [-0.4, -0.2) is 0 Å². The zero-order valence-corrected chi connectivity index (χ0v) is 21.6. The monoisotopic (exact) mass is 506 g/mol. The summed E-state index contributed by atoms with van der Waals surface area (Å²) < 4.78 is 0. The molecule has 0 N–H and O–H groups in total. The Bertz CT molecular complexity index is 1990. The van der Waals surface area contributed by atoms with Crippen LogP contribution in [0.5, 0.6) is 0 Å². The van der Waals surface area contributed by atoms with Crippen LogP contribution in [0.3, 0.4) is 0 Å². The van der Waals surface area contributed by atoms with E-state index in [1.807, 2.05) is 12.1 Å². The number of nitrogens with zero attached hydrogens (tertiary/aromatic N) is 2. The number of rotatable bonds is 0. The molecular weight excluding hydrogens is 484 g/mol. The zero-order chi connectivity index (χ0) is 26.2. The number of hydrogen-bond donors (Lipinski definition) is 0. The highest BCUT2D eigenvalue weighted by Crippen LogP contribution is 2.35. The average molecular weight is 507 g/mol. The number of hydrogen-bond acceptors (Lipinski definition) is 2. The molecule has 0 saturated heterocycles. The molecule has 4 aliphatic rings. The smallest absolute Gasteiger partial charge is 0.0795 e. The van der Waals surface area contributed by atoms with Gasteiger partial charge in [0.05, 0.1) is 22.1 Å². The molecule has 0 fully saturated rings. The summed E-state index contributed by atoms with van der Waals surface area (Å²) in [6, 6.07) is 42.7. The van der Waals surface area contributed by atoms with Gasteiger partial charge in [0.15, 0.2) is 0 Å². The average Bonchev–Trinajstić information content (AvgIpc) is 3.76. The molecule has 40 heavy (non-hydrogen) atoms. The fourth-order valence-corrected chi connectivity index (χ4v) is 6.54. The van der Waals surface area contributed by atoms with Crippen molar-refractivity contribution in [1.29, 1.82) is 0 Å². The molecule has 10 rings (SSSR count). The van der Waals surface area contributed by atoms with Gasteiger partial charge in [-0.25, -0.2) is 9.98 Å². The van der Waals surface area contributed by atoms with Crippen molar-refractivity contribution < 1.29 is 0 Å². The maximum absolute atomic E-state index is 4.84. The Morgan fingerprint density at radius 1 is 0.300 bits per heavy atom. The van der Waals surface area contributed by atoms with Crippen LogP contribution in [0, 0.1) is 0 Å². The first kappa shape index (κ1) is 21.6. The summed E-state index contributed by atoms with van der Waals surface area (Å²) in [7, 11) is 0. The van der Waals surface area contributed by atoms with Crippen LogP contribution in [-0.2, 0) is 0 Å². The van der Waals surface area contributed by atoms with E-state index in [2.05, 4.69) is 121 Å². The molecule has 2 heterocycles. The summed E-state index contributed by atoms with van der Waals surface area (Å²) in [4.78, 5) is 9.68. The van der Waals surface area contributed by atoms with E-state index in [1.54, 1.807) is 0 Å². The lowest BCUT2D eigenvalue weighted by atomic mass is 10.0. The van der Waals surface area contributed by atoms with Crippen LogP contribution in [0.25, 0.3) is 56.7 Å². The van der Waals surface area contributed by atoms with Gasteiger partial charge in [0.1, 0.15) is 0 Å². The third-order valence-corrected chi connectivity index (χ3v) is 8.39. The highest BCUT2D eigenvalue weighted by molar-refractivity contribution is 5.88. The first-order chi connectivity index (χ1) is 19.8. The molecule has 6 aromatic rings. The number of para-hydroxylation sites is 2. The number of fused-ring (bicyclic) bond motifs is 14. The van der Waals surface area contributed by atoms with Gasteiger partial charge in [-0.15, -0.1) is 0 Å². The number of benzene rings is 6. The van der Waals surface area contributed by atoms with Crippen molar-refractivity contribution in [3.8, 4) is 44.5 Å². The molecular formula is C38H22N2. The second-order valence-corrected chi connectivity index (χ2v) is 10.6. The molecule has 0 atom stereocenters. The Balaban J connectivity index is 0.000000115. The summed E-state index contributed by atoms with van der Waals surface area (Å²) in [6.45, 7) is 0. The van der Waals surface area contributed by atoms with Crippen LogP contribution in [0.15, 0.2) is 131 Å². The first-order valence-electron chi connectivity index (χ1n) is 13.7. The van der Waals surface area contributed by atoms with Crippen molar-refractivity contribution in [2.75, 3.05) is 0 Å². The summed E-state index contributed by atoms with van der Waals surface area (Å²) in [5.74, 6) is 0. The Morgan fingerprint density at radius 3 is 1.15 bits per heavy atom. The molecule has 0 radical (unpaired) electrons. The highest BCUT2D eigenvalue weighted by atomic mass is 14.8. The maximum Gasteiger partial charge on any atom is 0.0795 e. The molecule has 2 aliphatic heterocycles. The normalized spacial score (nSPS) is 12.8. The minimum Gasteiger partial charge on any atom is -0.247 e. The van der Waals surface area contributed by atoms with E-state index in [4.69, 9.17) is 9.98 Å². The molecule has 2 aliphatic carbocycles. The van der Waals surface area contributed by atoms with E-state index in [1.165, 1.54) is 66.1 Å². The molecule has 6 aromatic carbocycles. The van der Waals surface area contributed by atoms with Gasteiger partial charge < -0.3 is 0 Å². The van der Waals surface area contributed by atoms with Crippen molar-refractivity contribution >= 4 is 23.5 Å². The van der Waals surface area contributed by atoms with Crippen LogP contribution in [0.2, 0.25) is 0 Å². The molecule has 0 spiro atoms. The summed E-state index contributed by atoms with van der Waals surface area (Å²) in [5.41, 5.74) is 15.0. The third-order valence-electron chi connectivity index (χ3n) is 8.39.